The Hall–Kier alpha value is -3.10. The van der Waals surface area contributed by atoms with Crippen molar-refractivity contribution >= 4 is 17.4 Å². The zero-order valence-electron chi connectivity index (χ0n) is 17.0. The maximum absolute atomic E-state index is 13.5. The van der Waals surface area contributed by atoms with Gasteiger partial charge in [0.25, 0.3) is 11.8 Å². The van der Waals surface area contributed by atoms with E-state index in [-0.39, 0.29) is 17.8 Å². The minimum Gasteiger partial charge on any atom is -0.383 e. The molecule has 3 rings (SSSR count). The van der Waals surface area contributed by atoms with Crippen molar-refractivity contribution in [3.63, 3.8) is 0 Å². The fraction of sp³-hybridized carbons (Fsp3) is 0.318. The number of rotatable bonds is 10. The first-order valence-corrected chi connectivity index (χ1v) is 9.55. The predicted octanol–water partition coefficient (Wildman–Crippen LogP) is 2.10. The second kappa shape index (κ2) is 10.1. The molecule has 0 saturated carbocycles. The van der Waals surface area contributed by atoms with Gasteiger partial charge in [-0.25, -0.2) is 4.39 Å². The van der Waals surface area contributed by atoms with Crippen molar-refractivity contribution in [1.82, 2.24) is 14.8 Å². The zero-order valence-corrected chi connectivity index (χ0v) is 17.0. The Labute approximate surface area is 174 Å². The molecule has 7 nitrogen and oxygen atoms in total. The van der Waals surface area contributed by atoms with E-state index in [1.807, 2.05) is 0 Å². The standard InChI is InChI=1S/C22H24FN3O4/c1-29-12-10-25(11-13-30-2)20-19(17-5-7-18(23)8-6-17)21(27)26(22(20)28)15-16-4-3-9-24-14-16/h3-9,14H,10-13,15H2,1-2H3. The molecule has 2 heterocycles. The summed E-state index contributed by atoms with van der Waals surface area (Å²) in [5, 5.41) is 0. The van der Waals surface area contributed by atoms with Gasteiger partial charge < -0.3 is 14.4 Å². The summed E-state index contributed by atoms with van der Waals surface area (Å²) in [6, 6.07) is 9.12. The summed E-state index contributed by atoms with van der Waals surface area (Å²) in [4.78, 5) is 33.7. The van der Waals surface area contributed by atoms with E-state index in [4.69, 9.17) is 9.47 Å². The van der Waals surface area contributed by atoms with Crippen molar-refractivity contribution < 1.29 is 23.5 Å². The number of benzene rings is 1. The van der Waals surface area contributed by atoms with Gasteiger partial charge >= 0.3 is 0 Å². The molecule has 0 N–H and O–H groups in total. The molecule has 0 fully saturated rings. The van der Waals surface area contributed by atoms with Crippen molar-refractivity contribution in [2.75, 3.05) is 40.5 Å². The van der Waals surface area contributed by atoms with Crippen LogP contribution in [-0.4, -0.2) is 67.1 Å². The molecule has 30 heavy (non-hydrogen) atoms. The van der Waals surface area contributed by atoms with Gasteiger partial charge in [-0.3, -0.25) is 19.5 Å². The number of ether oxygens (including phenoxy) is 2. The number of hydrogen-bond acceptors (Lipinski definition) is 6. The van der Waals surface area contributed by atoms with Crippen LogP contribution in [0.4, 0.5) is 4.39 Å². The van der Waals surface area contributed by atoms with Gasteiger partial charge in [-0.15, -0.1) is 0 Å². The van der Waals surface area contributed by atoms with Crippen LogP contribution in [-0.2, 0) is 25.6 Å². The molecule has 0 spiro atoms. The molecule has 1 aromatic heterocycles. The van der Waals surface area contributed by atoms with E-state index in [0.29, 0.717) is 31.9 Å². The summed E-state index contributed by atoms with van der Waals surface area (Å²) in [5.41, 5.74) is 1.73. The van der Waals surface area contributed by atoms with E-state index in [0.717, 1.165) is 5.56 Å². The van der Waals surface area contributed by atoms with E-state index >= 15 is 0 Å². The van der Waals surface area contributed by atoms with Crippen molar-refractivity contribution in [3.8, 4) is 0 Å². The number of methoxy groups -OCH3 is 2. The summed E-state index contributed by atoms with van der Waals surface area (Å²) in [6.45, 7) is 1.64. The van der Waals surface area contributed by atoms with Crippen molar-refractivity contribution in [2.45, 2.75) is 6.54 Å². The Morgan fingerprint density at radius 1 is 1.00 bits per heavy atom. The second-order valence-corrected chi connectivity index (χ2v) is 6.76. The maximum Gasteiger partial charge on any atom is 0.278 e. The Morgan fingerprint density at radius 3 is 2.23 bits per heavy atom. The molecular weight excluding hydrogens is 389 g/mol. The van der Waals surface area contributed by atoms with Crippen LogP contribution >= 0.6 is 0 Å². The number of pyridine rings is 1. The SMILES string of the molecule is COCCN(CCOC)C1=C(c2ccc(F)cc2)C(=O)N(Cc2cccnc2)C1=O. The minimum absolute atomic E-state index is 0.0993. The van der Waals surface area contributed by atoms with Crippen molar-refractivity contribution in [1.29, 1.82) is 0 Å². The molecule has 0 unspecified atom stereocenters. The summed E-state index contributed by atoms with van der Waals surface area (Å²) >= 11 is 0. The quantitative estimate of drug-likeness (QED) is 0.556. The van der Waals surface area contributed by atoms with Crippen LogP contribution in [0, 0.1) is 5.82 Å². The largest absolute Gasteiger partial charge is 0.383 e. The first-order chi connectivity index (χ1) is 14.6. The molecule has 0 radical (unpaired) electrons. The van der Waals surface area contributed by atoms with Crippen LogP contribution in [0.5, 0.6) is 0 Å². The maximum atomic E-state index is 13.5. The number of aromatic nitrogens is 1. The van der Waals surface area contributed by atoms with Crippen molar-refractivity contribution in [2.24, 2.45) is 0 Å². The highest BCUT2D eigenvalue weighted by atomic mass is 19.1. The van der Waals surface area contributed by atoms with E-state index < -0.39 is 17.6 Å². The van der Waals surface area contributed by atoms with Crippen LogP contribution in [0.3, 0.4) is 0 Å². The number of imide groups is 1. The molecule has 0 aliphatic carbocycles. The third-order valence-corrected chi connectivity index (χ3v) is 4.79. The van der Waals surface area contributed by atoms with Gasteiger partial charge in [-0.05, 0) is 29.3 Å². The Kier molecular flexibility index (Phi) is 7.26. The number of halogens is 1. The summed E-state index contributed by atoms with van der Waals surface area (Å²) in [5.74, 6) is -1.25. The van der Waals surface area contributed by atoms with Gasteiger partial charge in [0.05, 0.1) is 25.3 Å². The average Bonchev–Trinajstić information content (AvgIpc) is 3.00. The fourth-order valence-electron chi connectivity index (χ4n) is 3.29. The monoisotopic (exact) mass is 413 g/mol. The first kappa shape index (κ1) is 21.6. The lowest BCUT2D eigenvalue weighted by atomic mass is 10.0. The molecule has 2 aromatic rings. The molecule has 158 valence electrons. The van der Waals surface area contributed by atoms with E-state index in [1.54, 1.807) is 43.6 Å². The lowest BCUT2D eigenvalue weighted by molar-refractivity contribution is -0.138. The smallest absolute Gasteiger partial charge is 0.278 e. The molecule has 0 bridgehead atoms. The third-order valence-electron chi connectivity index (χ3n) is 4.79. The molecule has 2 amide bonds. The summed E-state index contributed by atoms with van der Waals surface area (Å²) < 4.78 is 23.8. The summed E-state index contributed by atoms with van der Waals surface area (Å²) in [6.07, 6.45) is 3.24. The van der Waals surface area contributed by atoms with E-state index in [1.165, 1.54) is 29.2 Å². The molecule has 1 aromatic carbocycles. The Morgan fingerprint density at radius 2 is 1.67 bits per heavy atom. The highest BCUT2D eigenvalue weighted by Gasteiger charge is 2.41. The second-order valence-electron chi connectivity index (χ2n) is 6.76. The van der Waals surface area contributed by atoms with Crippen LogP contribution in [0.25, 0.3) is 5.57 Å². The number of hydrogen-bond donors (Lipinski definition) is 0. The average molecular weight is 413 g/mol. The van der Waals surface area contributed by atoms with Gasteiger partial charge in [0, 0.05) is 39.7 Å². The lowest BCUT2D eigenvalue weighted by Crippen LogP contribution is -2.37. The highest BCUT2D eigenvalue weighted by Crippen LogP contribution is 2.32. The van der Waals surface area contributed by atoms with Gasteiger partial charge in [0.15, 0.2) is 0 Å². The number of carbonyl (C=O) groups excluding carboxylic acids is 2. The molecule has 8 heteroatoms. The van der Waals surface area contributed by atoms with E-state index in [2.05, 4.69) is 4.98 Å². The first-order valence-electron chi connectivity index (χ1n) is 9.55. The molecule has 1 aliphatic heterocycles. The molecular formula is C22H24FN3O4. The molecule has 0 atom stereocenters. The topological polar surface area (TPSA) is 72.0 Å². The number of carbonyl (C=O) groups is 2. The summed E-state index contributed by atoms with van der Waals surface area (Å²) in [7, 11) is 3.14. The van der Waals surface area contributed by atoms with Gasteiger partial charge in [0.1, 0.15) is 11.5 Å². The van der Waals surface area contributed by atoms with Gasteiger partial charge in [0.2, 0.25) is 0 Å². The molecule has 1 aliphatic rings. The normalized spacial score (nSPS) is 14.0. The molecule has 0 saturated heterocycles. The Bertz CT molecular complexity index is 908. The lowest BCUT2D eigenvalue weighted by Gasteiger charge is -2.25. The zero-order chi connectivity index (χ0) is 21.5. The Balaban J connectivity index is 2.03. The third kappa shape index (κ3) is 4.72. The van der Waals surface area contributed by atoms with Crippen LogP contribution in [0.2, 0.25) is 0 Å². The minimum atomic E-state index is -0.426. The predicted molar refractivity (Wildman–Crippen MR) is 108 cm³/mol. The number of nitrogens with zero attached hydrogens (tertiary/aromatic N) is 3. The van der Waals surface area contributed by atoms with E-state index in [9.17, 15) is 14.0 Å². The van der Waals surface area contributed by atoms with Crippen LogP contribution < -0.4 is 0 Å². The van der Waals surface area contributed by atoms with Crippen LogP contribution in [0.1, 0.15) is 11.1 Å². The van der Waals surface area contributed by atoms with Crippen molar-refractivity contribution in [3.05, 3.63) is 71.4 Å². The van der Waals surface area contributed by atoms with Gasteiger partial charge in [-0.2, -0.15) is 0 Å². The van der Waals surface area contributed by atoms with Crippen LogP contribution in [0.15, 0.2) is 54.5 Å². The fourth-order valence-corrected chi connectivity index (χ4v) is 3.29. The van der Waals surface area contributed by atoms with Gasteiger partial charge in [-0.1, -0.05) is 18.2 Å². The number of amides is 2. The highest BCUT2D eigenvalue weighted by molar-refractivity contribution is 6.35.